The molecule has 2 rings (SSSR count). The monoisotopic (exact) mass is 225 g/mol. The van der Waals surface area contributed by atoms with Gasteiger partial charge in [0, 0.05) is 12.1 Å². The Morgan fingerprint density at radius 1 is 1.67 bits per heavy atom. The van der Waals surface area contributed by atoms with E-state index in [1.165, 1.54) is 0 Å². The molecule has 1 aromatic heterocycles. The van der Waals surface area contributed by atoms with E-state index >= 15 is 0 Å². The molecule has 1 saturated carbocycles. The zero-order chi connectivity index (χ0) is 10.8. The SMILES string of the molecule is CCOC(=O)c1ccnc(C2CC2)c1Cl. The molecule has 1 aliphatic carbocycles. The number of aromatic nitrogens is 1. The standard InChI is InChI=1S/C11H12ClNO2/c1-2-15-11(14)8-5-6-13-10(9(8)12)7-3-4-7/h5-7H,2-4H2,1H3. The number of pyridine rings is 1. The largest absolute Gasteiger partial charge is 0.462 e. The summed E-state index contributed by atoms with van der Waals surface area (Å²) in [6, 6.07) is 1.60. The lowest BCUT2D eigenvalue weighted by molar-refractivity contribution is 0.0526. The first-order valence-corrected chi connectivity index (χ1v) is 5.43. The minimum absolute atomic E-state index is 0.357. The van der Waals surface area contributed by atoms with Gasteiger partial charge in [0.05, 0.1) is 22.9 Å². The quantitative estimate of drug-likeness (QED) is 0.743. The van der Waals surface area contributed by atoms with Gasteiger partial charge in [-0.1, -0.05) is 11.6 Å². The maximum Gasteiger partial charge on any atom is 0.339 e. The molecule has 1 aromatic rings. The molecule has 0 unspecified atom stereocenters. The Kier molecular flexibility index (Phi) is 2.91. The molecule has 1 aliphatic rings. The van der Waals surface area contributed by atoms with E-state index in [2.05, 4.69) is 4.98 Å². The Hall–Kier alpha value is -1.09. The summed E-state index contributed by atoms with van der Waals surface area (Å²) in [6.45, 7) is 2.13. The fraction of sp³-hybridized carbons (Fsp3) is 0.455. The third kappa shape index (κ3) is 2.12. The maximum absolute atomic E-state index is 11.5. The zero-order valence-electron chi connectivity index (χ0n) is 8.50. The highest BCUT2D eigenvalue weighted by molar-refractivity contribution is 6.34. The van der Waals surface area contributed by atoms with Gasteiger partial charge in [-0.2, -0.15) is 0 Å². The fourth-order valence-corrected chi connectivity index (χ4v) is 1.81. The van der Waals surface area contributed by atoms with Gasteiger partial charge >= 0.3 is 5.97 Å². The number of rotatable bonds is 3. The molecule has 0 radical (unpaired) electrons. The Morgan fingerprint density at radius 3 is 3.00 bits per heavy atom. The molecule has 1 fully saturated rings. The third-order valence-corrected chi connectivity index (χ3v) is 2.77. The highest BCUT2D eigenvalue weighted by Gasteiger charge is 2.29. The zero-order valence-corrected chi connectivity index (χ0v) is 9.25. The van der Waals surface area contributed by atoms with E-state index in [-0.39, 0.29) is 5.97 Å². The molecule has 0 N–H and O–H groups in total. The van der Waals surface area contributed by atoms with Gasteiger partial charge in [0.1, 0.15) is 0 Å². The van der Waals surface area contributed by atoms with Gasteiger partial charge in [-0.05, 0) is 25.8 Å². The van der Waals surface area contributed by atoms with Crippen molar-refractivity contribution in [2.75, 3.05) is 6.61 Å². The number of carbonyl (C=O) groups is 1. The molecule has 0 atom stereocenters. The number of ether oxygens (including phenoxy) is 1. The summed E-state index contributed by atoms with van der Waals surface area (Å²) in [5, 5.41) is 0.457. The lowest BCUT2D eigenvalue weighted by atomic mass is 10.2. The predicted molar refractivity (Wildman–Crippen MR) is 57.2 cm³/mol. The van der Waals surface area contributed by atoms with Crippen LogP contribution in [0.1, 0.15) is 41.7 Å². The van der Waals surface area contributed by atoms with Crippen LogP contribution < -0.4 is 0 Å². The van der Waals surface area contributed by atoms with Crippen molar-refractivity contribution in [3.05, 3.63) is 28.5 Å². The van der Waals surface area contributed by atoms with Crippen LogP contribution in [0.3, 0.4) is 0 Å². The van der Waals surface area contributed by atoms with Crippen molar-refractivity contribution >= 4 is 17.6 Å². The van der Waals surface area contributed by atoms with Crippen LogP contribution in [-0.2, 0) is 4.74 Å². The van der Waals surface area contributed by atoms with Crippen LogP contribution in [0.4, 0.5) is 0 Å². The first-order valence-electron chi connectivity index (χ1n) is 5.05. The number of hydrogen-bond donors (Lipinski definition) is 0. The molecule has 0 spiro atoms. The second kappa shape index (κ2) is 4.19. The minimum Gasteiger partial charge on any atom is -0.462 e. The number of hydrogen-bond acceptors (Lipinski definition) is 3. The van der Waals surface area contributed by atoms with Crippen LogP contribution in [0, 0.1) is 0 Å². The highest BCUT2D eigenvalue weighted by Crippen LogP contribution is 2.42. The molecule has 80 valence electrons. The molecule has 0 aromatic carbocycles. The molecular weight excluding hydrogens is 214 g/mol. The van der Waals surface area contributed by atoms with Gasteiger partial charge < -0.3 is 4.74 Å². The molecule has 3 nitrogen and oxygen atoms in total. The molecular formula is C11H12ClNO2. The van der Waals surface area contributed by atoms with Crippen LogP contribution in [0.15, 0.2) is 12.3 Å². The van der Waals surface area contributed by atoms with E-state index in [9.17, 15) is 4.79 Å². The van der Waals surface area contributed by atoms with Crippen molar-refractivity contribution in [2.45, 2.75) is 25.7 Å². The van der Waals surface area contributed by atoms with E-state index in [1.54, 1.807) is 19.2 Å². The van der Waals surface area contributed by atoms with Gasteiger partial charge in [0.2, 0.25) is 0 Å². The summed E-state index contributed by atoms with van der Waals surface area (Å²) in [5.41, 5.74) is 1.26. The number of halogens is 1. The van der Waals surface area contributed by atoms with Crippen LogP contribution in [-0.4, -0.2) is 17.6 Å². The molecule has 0 amide bonds. The number of carbonyl (C=O) groups excluding carboxylic acids is 1. The fourth-order valence-electron chi connectivity index (χ4n) is 1.47. The highest BCUT2D eigenvalue weighted by atomic mass is 35.5. The molecule has 0 saturated heterocycles. The lowest BCUT2D eigenvalue weighted by Crippen LogP contribution is -2.07. The van der Waals surface area contributed by atoms with Crippen LogP contribution in [0.2, 0.25) is 5.02 Å². The van der Waals surface area contributed by atoms with E-state index in [1.807, 2.05) is 0 Å². The average molecular weight is 226 g/mol. The molecule has 4 heteroatoms. The van der Waals surface area contributed by atoms with E-state index < -0.39 is 0 Å². The second-order valence-corrected chi connectivity index (χ2v) is 3.93. The predicted octanol–water partition coefficient (Wildman–Crippen LogP) is 2.79. The van der Waals surface area contributed by atoms with Crippen molar-refractivity contribution in [3.8, 4) is 0 Å². The summed E-state index contributed by atoms with van der Waals surface area (Å²) in [5.74, 6) is 0.0682. The smallest absolute Gasteiger partial charge is 0.339 e. The van der Waals surface area contributed by atoms with Crippen LogP contribution in [0.25, 0.3) is 0 Å². The number of esters is 1. The summed E-state index contributed by atoms with van der Waals surface area (Å²) in [6.07, 6.45) is 3.84. The van der Waals surface area contributed by atoms with Crippen molar-refractivity contribution in [1.82, 2.24) is 4.98 Å². The Labute approximate surface area is 93.4 Å². The van der Waals surface area contributed by atoms with Gasteiger partial charge in [0.15, 0.2) is 0 Å². The molecule has 1 heterocycles. The Bertz CT molecular complexity index is 388. The van der Waals surface area contributed by atoms with Crippen LogP contribution in [0.5, 0.6) is 0 Å². The topological polar surface area (TPSA) is 39.2 Å². The van der Waals surface area contributed by atoms with Crippen molar-refractivity contribution in [1.29, 1.82) is 0 Å². The van der Waals surface area contributed by atoms with Crippen molar-refractivity contribution in [2.24, 2.45) is 0 Å². The Morgan fingerprint density at radius 2 is 2.40 bits per heavy atom. The van der Waals surface area contributed by atoms with Crippen molar-refractivity contribution < 1.29 is 9.53 Å². The normalized spacial score (nSPS) is 15.1. The van der Waals surface area contributed by atoms with Gasteiger partial charge in [-0.15, -0.1) is 0 Å². The Balaban J connectivity index is 2.30. The summed E-state index contributed by atoms with van der Waals surface area (Å²) >= 11 is 6.11. The van der Waals surface area contributed by atoms with Crippen LogP contribution >= 0.6 is 11.6 Å². The number of nitrogens with zero attached hydrogens (tertiary/aromatic N) is 1. The van der Waals surface area contributed by atoms with E-state index in [0.717, 1.165) is 18.5 Å². The second-order valence-electron chi connectivity index (χ2n) is 3.55. The lowest BCUT2D eigenvalue weighted by Gasteiger charge is -2.06. The first-order chi connectivity index (χ1) is 7.24. The minimum atomic E-state index is -0.369. The average Bonchev–Trinajstić information content (AvgIpc) is 3.02. The first kappa shape index (κ1) is 10.4. The van der Waals surface area contributed by atoms with Gasteiger partial charge in [-0.3, -0.25) is 4.98 Å². The van der Waals surface area contributed by atoms with E-state index in [4.69, 9.17) is 16.3 Å². The summed E-state index contributed by atoms with van der Waals surface area (Å²) in [7, 11) is 0. The van der Waals surface area contributed by atoms with E-state index in [0.29, 0.717) is 23.1 Å². The van der Waals surface area contributed by atoms with Crippen molar-refractivity contribution in [3.63, 3.8) is 0 Å². The maximum atomic E-state index is 11.5. The summed E-state index contributed by atoms with van der Waals surface area (Å²) in [4.78, 5) is 15.7. The third-order valence-electron chi connectivity index (χ3n) is 2.38. The summed E-state index contributed by atoms with van der Waals surface area (Å²) < 4.78 is 4.91. The van der Waals surface area contributed by atoms with Gasteiger partial charge in [0.25, 0.3) is 0 Å². The van der Waals surface area contributed by atoms with Gasteiger partial charge in [-0.25, -0.2) is 4.79 Å². The molecule has 0 bridgehead atoms. The molecule has 0 aliphatic heterocycles. The molecule has 15 heavy (non-hydrogen) atoms.